The van der Waals surface area contributed by atoms with Crippen molar-refractivity contribution in [3.05, 3.63) is 428 Å². The summed E-state index contributed by atoms with van der Waals surface area (Å²) >= 11 is 10.3. The molecule has 0 spiro atoms. The molecule has 0 N–H and O–H groups in total. The van der Waals surface area contributed by atoms with Gasteiger partial charge in [0.05, 0.1) is 4.92 Å². The topological polar surface area (TPSA) is 379 Å². The lowest BCUT2D eigenvalue weighted by molar-refractivity contribution is -0.384. The van der Waals surface area contributed by atoms with Crippen molar-refractivity contribution in [2.75, 3.05) is 0 Å². The Balaban J connectivity index is 0.000000142. The molecule has 141 heavy (non-hydrogen) atoms. The van der Waals surface area contributed by atoms with Crippen LogP contribution in [0.15, 0.2) is 326 Å². The predicted octanol–water partition coefficient (Wildman–Crippen LogP) is 26.3. The second kappa shape index (κ2) is 50.6. The van der Waals surface area contributed by atoms with Gasteiger partial charge in [-0.3, -0.25) is 68.8 Å². The Hall–Kier alpha value is -15.7. The lowest BCUT2D eigenvalue weighted by Crippen LogP contribution is -2.05. The first-order valence-electron chi connectivity index (χ1n) is 45.2. The number of hydrogen-bond acceptors (Lipinski definition) is 26. The molecule has 12 aromatic heterocycles. The minimum Gasteiger partial charge on any atom is -0.361 e. The number of carbonyl (C=O) groups is 6. The highest BCUT2D eigenvalue weighted by Gasteiger charge is 2.21. The van der Waals surface area contributed by atoms with Gasteiger partial charge in [0.25, 0.3) is 5.69 Å². The van der Waals surface area contributed by atoms with Crippen LogP contribution >= 0.6 is 47.8 Å². The number of ketones is 6. The quantitative estimate of drug-likeness (QED) is 0.0221. The Morgan fingerprint density at radius 2 is 0.582 bits per heavy atom. The summed E-state index contributed by atoms with van der Waals surface area (Å²) in [6, 6.07) is 80.6. The zero-order valence-corrected chi connectivity index (χ0v) is 83.5. The molecule has 0 aliphatic carbocycles. The number of non-ortho nitro benzene ring substituents is 1. The van der Waals surface area contributed by atoms with Crippen LogP contribution in [0, 0.1) is 72.4 Å². The van der Waals surface area contributed by atoms with Crippen LogP contribution in [0.4, 0.5) is 5.69 Å². The minimum absolute atomic E-state index is 0.0132. The molecule has 0 saturated carbocycles. The Bertz CT molecular complexity index is 7280. The van der Waals surface area contributed by atoms with Crippen LogP contribution in [-0.2, 0) is 38.5 Å². The van der Waals surface area contributed by atoms with Crippen LogP contribution in [0.2, 0.25) is 0 Å². The second-order valence-electron chi connectivity index (χ2n) is 33.1. The van der Waals surface area contributed by atoms with Crippen molar-refractivity contribution in [3.63, 3.8) is 0 Å². The highest BCUT2D eigenvalue weighted by atomic mass is 79.9. The zero-order valence-electron chi connectivity index (χ0n) is 78.8. The summed E-state index contributed by atoms with van der Waals surface area (Å²) < 4.78 is 34.9. The molecule has 0 aliphatic heterocycles. The molecule has 27 nitrogen and oxygen atoms in total. The van der Waals surface area contributed by atoms with E-state index in [-0.39, 0.29) is 40.4 Å². The van der Waals surface area contributed by atoms with E-state index in [1.165, 1.54) is 17.7 Å². The largest absolute Gasteiger partial charge is 0.361 e. The molecule has 0 aliphatic rings. The van der Waals surface area contributed by atoms with Crippen LogP contribution in [-0.4, -0.2) is 100 Å². The Morgan fingerprint density at radius 3 is 0.915 bits per heavy atom. The van der Waals surface area contributed by atoms with Gasteiger partial charge in [0, 0.05) is 276 Å². The smallest absolute Gasteiger partial charge is 0.269 e. The van der Waals surface area contributed by atoms with E-state index in [9.17, 15) is 38.9 Å². The fourth-order valence-corrected chi connectivity index (χ4v) is 15.3. The SMILES string of the molecule is Cc1ccc(-c2cc(CCC(=O)c3ccc(C)nc3C)on2)cc1.Cc1ccc(C(=O)CCc2cc(-c3ccc(Br)cc3)no2)cn1.Cc1ccc(C(=O)CCc2cc(-c3ccc([N+](=O)[O-])cc3)no2)cn1.Cc1ccc(C(=O)CCc2cc(-c3cccc(Br)c3)no2)cn1.Cc1ccc(C(=O)CCc2cc(-c3ccccc3)no2)c(C)n1.Cc1ccc(C(=O)CCc2cc(-c3ccccc3Br)no2)cn1. The fourth-order valence-electron chi connectivity index (χ4n) is 14.2. The van der Waals surface area contributed by atoms with E-state index in [0.29, 0.717) is 139 Å². The monoisotopic (exact) mass is 2070 g/mol. The van der Waals surface area contributed by atoms with Crippen LogP contribution in [0.1, 0.15) is 186 Å². The van der Waals surface area contributed by atoms with E-state index in [2.05, 4.69) is 109 Å². The maximum atomic E-state index is 12.4. The van der Waals surface area contributed by atoms with Gasteiger partial charge in [0.1, 0.15) is 68.7 Å². The van der Waals surface area contributed by atoms with Crippen LogP contribution < -0.4 is 0 Å². The molecule has 0 bridgehead atoms. The molecule has 6 aromatic carbocycles. The van der Waals surface area contributed by atoms with Gasteiger partial charge in [-0.2, -0.15) is 0 Å². The molecule has 0 radical (unpaired) electrons. The third-order valence-corrected chi connectivity index (χ3v) is 23.8. The molecule has 0 amide bonds. The standard InChI is InChI=1S/C20H20N2O2.C19H18N2O2.3C18H15BrN2O2.C18H15N3O4/c1-13-4-7-16(8-5-13)19-12-17(24-22-19)9-11-20(23)18-10-6-14(2)21-15(18)3;1-13-8-10-17(14(2)20-13)19(22)11-9-16-12-18(21-23-16)15-6-4-3-5-7-15;1-12-2-3-14(11-20-12)18(22)9-8-16-10-17(21-23-16)13-4-6-15(19)7-5-13;1-12-5-6-14(11-20-12)18(22)8-7-16-10-17(21-23-16)13-3-2-4-15(19)9-13;1-12-6-7-13(11-20-12)18(22)9-8-14-10-17(21-23-14)15-4-2-3-5-16(15)19;1-12-2-3-14(11-19-12)18(22)9-8-16-10-17(20-25-16)13-4-6-15(7-5-13)21(23)24/h4-8,10,12H,9,11H2,1-3H3;3-8,10,12H,9,11H2,1-2H3;2-7,10-11H,8-9H2,1H3;2-6,9-11H,7-8H2,1H3;2-7,10-11H,8-9H2,1H3;2-7,10-11H,8-9H2,1H3. The van der Waals surface area contributed by atoms with Crippen molar-refractivity contribution in [1.29, 1.82) is 0 Å². The van der Waals surface area contributed by atoms with E-state index in [4.69, 9.17) is 27.1 Å². The highest BCUT2D eigenvalue weighted by Crippen LogP contribution is 2.32. The molecule has 0 atom stereocenters. The van der Waals surface area contributed by atoms with Crippen molar-refractivity contribution < 1.29 is 60.8 Å². The molecule has 18 aromatic rings. The number of nitro benzene ring substituents is 1. The molecule has 0 saturated heterocycles. The number of nitro groups is 1. The van der Waals surface area contributed by atoms with Gasteiger partial charge >= 0.3 is 0 Å². The van der Waals surface area contributed by atoms with E-state index in [1.54, 1.807) is 73.3 Å². The molecule has 0 fully saturated rings. The van der Waals surface area contributed by atoms with E-state index < -0.39 is 4.92 Å². The molecule has 30 heteroatoms. The number of hydrogen-bond donors (Lipinski definition) is 0. The third kappa shape index (κ3) is 30.9. The van der Waals surface area contributed by atoms with Crippen molar-refractivity contribution >= 4 is 88.2 Å². The lowest BCUT2D eigenvalue weighted by atomic mass is 10.0. The number of Topliss-reactive ketones (excluding diaryl/α,β-unsaturated/α-hetero) is 6. The molecule has 0 unspecified atom stereocenters. The van der Waals surface area contributed by atoms with Gasteiger partial charge in [-0.25, -0.2) is 0 Å². The summed E-state index contributed by atoms with van der Waals surface area (Å²) in [7, 11) is 0. The maximum absolute atomic E-state index is 12.4. The average Bonchev–Trinajstić information content (AvgIpc) is 1.80. The highest BCUT2D eigenvalue weighted by molar-refractivity contribution is 9.11. The summed E-state index contributed by atoms with van der Waals surface area (Å²) in [6.07, 6.45) is 11.6. The number of nitrogens with zero attached hydrogens (tertiary/aromatic N) is 13. The van der Waals surface area contributed by atoms with Gasteiger partial charge in [0.15, 0.2) is 34.7 Å². The maximum Gasteiger partial charge on any atom is 0.269 e. The van der Waals surface area contributed by atoms with Crippen LogP contribution in [0.25, 0.3) is 67.5 Å². The van der Waals surface area contributed by atoms with E-state index in [0.717, 1.165) is 132 Å². The van der Waals surface area contributed by atoms with Crippen LogP contribution in [0.5, 0.6) is 0 Å². The number of halogens is 3. The number of aromatic nitrogens is 12. The predicted molar refractivity (Wildman–Crippen MR) is 545 cm³/mol. The van der Waals surface area contributed by atoms with Crippen LogP contribution in [0.3, 0.4) is 0 Å². The lowest BCUT2D eigenvalue weighted by Gasteiger charge is -2.04. The summed E-state index contributed by atoms with van der Waals surface area (Å²) in [5.74, 6) is 4.43. The summed E-state index contributed by atoms with van der Waals surface area (Å²) in [5, 5.41) is 35.0. The van der Waals surface area contributed by atoms with Gasteiger partial charge in [-0.05, 0) is 178 Å². The molecular formula is C111H98Br3N13O14. The molecular weight excluding hydrogens is 1980 g/mol. The molecule has 18 rings (SSSR count). The molecule has 712 valence electrons. The van der Waals surface area contributed by atoms with Gasteiger partial charge in [0.2, 0.25) is 0 Å². The first-order chi connectivity index (χ1) is 68.0. The number of pyridine rings is 6. The first kappa shape index (κ1) is 103. The Labute approximate surface area is 839 Å². The van der Waals surface area contributed by atoms with Crippen molar-refractivity contribution in [1.82, 2.24) is 60.8 Å². The number of rotatable bonds is 31. The third-order valence-electron chi connectivity index (χ3n) is 22.1. The first-order valence-corrected chi connectivity index (χ1v) is 47.6. The molecule has 12 heterocycles. The van der Waals surface area contributed by atoms with Crippen molar-refractivity contribution in [2.24, 2.45) is 0 Å². The summed E-state index contributed by atoms with van der Waals surface area (Å²) in [4.78, 5) is 109. The Kier molecular flexibility index (Phi) is 36.9. The zero-order chi connectivity index (χ0) is 99.9. The van der Waals surface area contributed by atoms with Crippen molar-refractivity contribution in [3.8, 4) is 67.5 Å². The average molecular weight is 2080 g/mol. The minimum atomic E-state index is -0.455. The van der Waals surface area contributed by atoms with Crippen molar-refractivity contribution in [2.45, 2.75) is 139 Å². The number of carbonyl (C=O) groups excluding carboxylic acids is 6. The number of benzene rings is 6. The number of aryl methyl sites for hydroxylation is 15. The van der Waals surface area contributed by atoms with Gasteiger partial charge < -0.3 is 27.1 Å². The summed E-state index contributed by atoms with van der Waals surface area (Å²) in [6.45, 7) is 17.2. The Morgan fingerprint density at radius 1 is 0.284 bits per heavy atom. The second-order valence-corrected chi connectivity index (χ2v) is 35.8. The van der Waals surface area contributed by atoms with Gasteiger partial charge in [-0.15, -0.1) is 0 Å². The normalized spacial score (nSPS) is 10.7. The van der Waals surface area contributed by atoms with Gasteiger partial charge in [-0.1, -0.05) is 181 Å². The van der Waals surface area contributed by atoms with E-state index in [1.807, 2.05) is 263 Å². The fraction of sp³-hybridized carbons (Fsp3) is 0.189. The summed E-state index contributed by atoms with van der Waals surface area (Å²) in [5.41, 5.74) is 22.1. The van der Waals surface area contributed by atoms with E-state index >= 15 is 0 Å².